The number of rotatable bonds is 5. The predicted octanol–water partition coefficient (Wildman–Crippen LogP) is 6.94. The number of ether oxygens (including phenoxy) is 1. The first kappa shape index (κ1) is 30.4. The summed E-state index contributed by atoms with van der Waals surface area (Å²) in [5.74, 6) is 1.61. The molecule has 0 unspecified atom stereocenters. The van der Waals surface area contributed by atoms with Crippen molar-refractivity contribution in [1.29, 1.82) is 0 Å². The van der Waals surface area contributed by atoms with Crippen LogP contribution in [0.25, 0.3) is 10.1 Å². The van der Waals surface area contributed by atoms with Crippen LogP contribution < -0.4 is 15.4 Å². The largest absolute Gasteiger partial charge is 0.496 e. The van der Waals surface area contributed by atoms with Gasteiger partial charge >= 0.3 is 12.4 Å². The molecule has 0 bridgehead atoms. The number of carbonyl (C=O) groups is 2. The van der Waals surface area contributed by atoms with Crippen molar-refractivity contribution in [2.75, 3.05) is 24.4 Å². The lowest BCUT2D eigenvalue weighted by Crippen LogP contribution is -2.18. The van der Waals surface area contributed by atoms with Gasteiger partial charge in [-0.2, -0.15) is 26.3 Å². The van der Waals surface area contributed by atoms with Crippen LogP contribution in [0.4, 0.5) is 42.1 Å². The van der Waals surface area contributed by atoms with E-state index in [0.717, 1.165) is 24.3 Å². The van der Waals surface area contributed by atoms with Crippen molar-refractivity contribution in [2.24, 2.45) is 0 Å². The number of anilines is 2. The number of thiophene rings is 1. The fraction of sp³-hybridized carbons (Fsp3) is 0.143. The van der Waals surface area contributed by atoms with Crippen molar-refractivity contribution in [3.05, 3.63) is 87.5 Å². The quantitative estimate of drug-likeness (QED) is 0.169. The fourth-order valence-electron chi connectivity index (χ4n) is 3.85. The van der Waals surface area contributed by atoms with Crippen molar-refractivity contribution < 1.29 is 50.2 Å². The topological polar surface area (TPSA) is 87.7 Å². The molecule has 42 heavy (non-hydrogen) atoms. The van der Waals surface area contributed by atoms with Crippen molar-refractivity contribution in [2.45, 2.75) is 12.4 Å². The minimum absolute atomic E-state index is 0.0387. The summed E-state index contributed by atoms with van der Waals surface area (Å²) in [5, 5.41) is 13.7. The standard InChI is InChI=1S/C28H17F7N2O4S/c1-41-21-9-4-14(3-2-10-38)11-18(21)25(39)37-23-17-7-5-15(27(30,31)32)12-22(17)42-24(23)26(40)36-16-6-8-20(29)19(13-16)28(33,34)35/h4-9,11-13,38H,10H2,1H3,(H,36,40)(H,37,39). The molecule has 0 atom stereocenters. The van der Waals surface area contributed by atoms with Gasteiger partial charge in [0.05, 0.1) is 29.5 Å². The molecule has 0 aliphatic rings. The van der Waals surface area contributed by atoms with Crippen LogP contribution in [0.3, 0.4) is 0 Å². The van der Waals surface area contributed by atoms with Gasteiger partial charge in [0.1, 0.15) is 23.1 Å². The number of alkyl halides is 6. The molecule has 0 spiro atoms. The number of methoxy groups -OCH3 is 1. The summed E-state index contributed by atoms with van der Waals surface area (Å²) < 4.78 is 98.5. The smallest absolute Gasteiger partial charge is 0.419 e. The maximum absolute atomic E-state index is 13.7. The van der Waals surface area contributed by atoms with Gasteiger partial charge in [-0.05, 0) is 48.5 Å². The Labute approximate surface area is 236 Å². The first-order valence-corrected chi connectivity index (χ1v) is 12.5. The van der Waals surface area contributed by atoms with E-state index in [2.05, 4.69) is 22.5 Å². The number of benzene rings is 3. The van der Waals surface area contributed by atoms with Crippen molar-refractivity contribution in [1.82, 2.24) is 0 Å². The summed E-state index contributed by atoms with van der Waals surface area (Å²) in [6, 6.07) is 8.53. The van der Waals surface area contributed by atoms with Crippen molar-refractivity contribution in [3.8, 4) is 17.6 Å². The third kappa shape index (κ3) is 6.48. The van der Waals surface area contributed by atoms with E-state index in [1.54, 1.807) is 0 Å². The molecular weight excluding hydrogens is 593 g/mol. The zero-order valence-electron chi connectivity index (χ0n) is 21.1. The van der Waals surface area contributed by atoms with Crippen LogP contribution in [0.15, 0.2) is 54.6 Å². The molecular formula is C28H17F7N2O4S. The molecule has 3 N–H and O–H groups in total. The molecule has 218 valence electrons. The fourth-order valence-corrected chi connectivity index (χ4v) is 4.94. The van der Waals surface area contributed by atoms with Gasteiger partial charge in [-0.15, -0.1) is 11.3 Å². The van der Waals surface area contributed by atoms with Crippen LogP contribution in [-0.2, 0) is 12.4 Å². The van der Waals surface area contributed by atoms with Crippen LogP contribution in [0.2, 0.25) is 0 Å². The Bertz CT molecular complexity index is 1750. The summed E-state index contributed by atoms with van der Waals surface area (Å²) in [4.78, 5) is 26.2. The zero-order valence-corrected chi connectivity index (χ0v) is 21.9. The van der Waals surface area contributed by atoms with Crippen LogP contribution in [0.5, 0.6) is 5.75 Å². The zero-order chi connectivity index (χ0) is 30.8. The normalized spacial score (nSPS) is 11.5. The van der Waals surface area contributed by atoms with E-state index in [-0.39, 0.29) is 32.0 Å². The number of hydrogen-bond acceptors (Lipinski definition) is 5. The molecule has 2 amide bonds. The predicted molar refractivity (Wildman–Crippen MR) is 141 cm³/mol. The molecule has 4 rings (SSSR count). The Morgan fingerprint density at radius 2 is 1.67 bits per heavy atom. The van der Waals surface area contributed by atoms with Gasteiger partial charge in [-0.3, -0.25) is 9.59 Å². The first-order chi connectivity index (χ1) is 19.7. The van der Waals surface area contributed by atoms with E-state index >= 15 is 0 Å². The van der Waals surface area contributed by atoms with Crippen LogP contribution >= 0.6 is 11.3 Å². The van der Waals surface area contributed by atoms with Crippen LogP contribution in [-0.4, -0.2) is 30.6 Å². The SMILES string of the molecule is COc1ccc(C#CCO)cc1C(=O)Nc1c(C(=O)Nc2ccc(F)c(C(F)(F)F)c2)sc2cc(C(F)(F)F)ccc12. The second-order valence-electron chi connectivity index (χ2n) is 8.49. The van der Waals surface area contributed by atoms with Gasteiger partial charge < -0.3 is 20.5 Å². The monoisotopic (exact) mass is 610 g/mol. The number of aliphatic hydroxyl groups is 1. The van der Waals surface area contributed by atoms with Gasteiger partial charge in [0, 0.05) is 21.3 Å². The molecule has 0 saturated heterocycles. The van der Waals surface area contributed by atoms with Crippen LogP contribution in [0.1, 0.15) is 36.7 Å². The highest BCUT2D eigenvalue weighted by molar-refractivity contribution is 7.21. The molecule has 4 aromatic rings. The third-order valence-corrected chi connectivity index (χ3v) is 6.90. The Kier molecular flexibility index (Phi) is 8.46. The second-order valence-corrected chi connectivity index (χ2v) is 9.54. The number of carbonyl (C=O) groups excluding carboxylic acids is 2. The summed E-state index contributed by atoms with van der Waals surface area (Å²) >= 11 is 0.551. The van der Waals surface area contributed by atoms with E-state index in [4.69, 9.17) is 9.84 Å². The lowest BCUT2D eigenvalue weighted by atomic mass is 10.1. The first-order valence-electron chi connectivity index (χ1n) is 11.6. The summed E-state index contributed by atoms with van der Waals surface area (Å²) in [6.45, 7) is -0.453. The average molecular weight is 611 g/mol. The maximum Gasteiger partial charge on any atom is 0.419 e. The molecule has 0 radical (unpaired) electrons. The van der Waals surface area contributed by atoms with Gasteiger partial charge in [-0.25, -0.2) is 4.39 Å². The van der Waals surface area contributed by atoms with E-state index < -0.39 is 53.4 Å². The van der Waals surface area contributed by atoms with Crippen LogP contribution in [0, 0.1) is 17.7 Å². The molecule has 0 fully saturated rings. The van der Waals surface area contributed by atoms with E-state index in [1.165, 1.54) is 25.3 Å². The lowest BCUT2D eigenvalue weighted by Gasteiger charge is -2.13. The van der Waals surface area contributed by atoms with E-state index in [1.807, 2.05) is 0 Å². The molecule has 1 aromatic heterocycles. The number of hydrogen-bond donors (Lipinski definition) is 3. The van der Waals surface area contributed by atoms with E-state index in [9.17, 15) is 40.3 Å². The highest BCUT2D eigenvalue weighted by Gasteiger charge is 2.35. The summed E-state index contributed by atoms with van der Waals surface area (Å²) in [5.41, 5.74) is -3.11. The lowest BCUT2D eigenvalue weighted by molar-refractivity contribution is -0.140. The maximum atomic E-state index is 13.7. The number of aliphatic hydroxyl groups excluding tert-OH is 1. The number of fused-ring (bicyclic) bond motifs is 1. The van der Waals surface area contributed by atoms with E-state index in [0.29, 0.717) is 29.0 Å². The van der Waals surface area contributed by atoms with Crippen molar-refractivity contribution >= 4 is 44.6 Å². The number of halogens is 7. The Balaban J connectivity index is 1.80. The summed E-state index contributed by atoms with van der Waals surface area (Å²) in [7, 11) is 1.28. The Morgan fingerprint density at radius 3 is 2.31 bits per heavy atom. The summed E-state index contributed by atoms with van der Waals surface area (Å²) in [6.07, 6.45) is -9.79. The highest BCUT2D eigenvalue weighted by Crippen LogP contribution is 2.41. The second kappa shape index (κ2) is 11.7. The minimum Gasteiger partial charge on any atom is -0.496 e. The molecule has 0 aliphatic heterocycles. The average Bonchev–Trinajstić information content (AvgIpc) is 3.29. The number of nitrogens with one attached hydrogen (secondary N) is 2. The Hall–Kier alpha value is -4.61. The molecule has 14 heteroatoms. The molecule has 0 saturated carbocycles. The third-order valence-electron chi connectivity index (χ3n) is 5.75. The van der Waals surface area contributed by atoms with Gasteiger partial charge in [0.2, 0.25) is 0 Å². The Morgan fingerprint density at radius 1 is 0.929 bits per heavy atom. The molecule has 6 nitrogen and oxygen atoms in total. The van der Waals surface area contributed by atoms with Gasteiger partial charge in [-0.1, -0.05) is 17.9 Å². The molecule has 0 aliphatic carbocycles. The van der Waals surface area contributed by atoms with Gasteiger partial charge in [0.25, 0.3) is 11.8 Å². The highest BCUT2D eigenvalue weighted by atomic mass is 32.1. The molecule has 3 aromatic carbocycles. The molecule has 1 heterocycles. The number of amides is 2. The van der Waals surface area contributed by atoms with Gasteiger partial charge in [0.15, 0.2) is 0 Å². The van der Waals surface area contributed by atoms with Crippen molar-refractivity contribution in [3.63, 3.8) is 0 Å². The minimum atomic E-state index is -5.06.